The highest BCUT2D eigenvalue weighted by atomic mass is 32.1. The predicted molar refractivity (Wildman–Crippen MR) is 129 cm³/mol. The number of rotatable bonds is 6. The minimum atomic E-state index is -0.327. The van der Waals surface area contributed by atoms with E-state index in [1.165, 1.54) is 22.2 Å². The van der Waals surface area contributed by atoms with Crippen molar-refractivity contribution in [1.29, 1.82) is 0 Å². The van der Waals surface area contributed by atoms with Crippen molar-refractivity contribution < 1.29 is 14.3 Å². The number of anilines is 1. The van der Waals surface area contributed by atoms with Gasteiger partial charge >= 0.3 is 0 Å². The summed E-state index contributed by atoms with van der Waals surface area (Å²) < 4.78 is 6.92. The highest BCUT2D eigenvalue weighted by molar-refractivity contribution is 7.20. The third kappa shape index (κ3) is 4.78. The number of amides is 2. The molecule has 1 aromatic carbocycles. The van der Waals surface area contributed by atoms with E-state index >= 15 is 0 Å². The van der Waals surface area contributed by atoms with Crippen molar-refractivity contribution in [3.05, 3.63) is 51.4 Å². The molecule has 0 bridgehead atoms. The van der Waals surface area contributed by atoms with Gasteiger partial charge in [0.15, 0.2) is 0 Å². The first-order chi connectivity index (χ1) is 15.9. The standard InChI is InChI=1S/C24H28N4O4S/c1-4-32-18-8-6-5-7-17(18)26-22(30)21-16(3)20-23(33-21)25-14-28(24(20)31)13-19(29)27-11-9-15(2)10-12-27/h5-8,14-15H,4,9-13H2,1-3H3,(H,26,30). The average Bonchev–Trinajstić information content (AvgIpc) is 3.15. The maximum Gasteiger partial charge on any atom is 0.266 e. The van der Waals surface area contributed by atoms with Crippen LogP contribution in [0.3, 0.4) is 0 Å². The molecule has 2 amide bonds. The zero-order valence-electron chi connectivity index (χ0n) is 19.1. The summed E-state index contributed by atoms with van der Waals surface area (Å²) in [5.74, 6) is 0.794. The van der Waals surface area contributed by atoms with Gasteiger partial charge in [0, 0.05) is 13.1 Å². The fourth-order valence-corrected chi connectivity index (χ4v) is 5.06. The zero-order valence-corrected chi connectivity index (χ0v) is 19.9. The van der Waals surface area contributed by atoms with Crippen molar-refractivity contribution in [2.75, 3.05) is 25.0 Å². The van der Waals surface area contributed by atoms with Crippen LogP contribution in [0.1, 0.15) is 41.9 Å². The number of thiophene rings is 1. The Morgan fingerprint density at radius 1 is 1.24 bits per heavy atom. The lowest BCUT2D eigenvalue weighted by atomic mass is 9.99. The Hall–Kier alpha value is -3.20. The van der Waals surface area contributed by atoms with Crippen LogP contribution >= 0.6 is 11.3 Å². The van der Waals surface area contributed by atoms with Crippen LogP contribution in [-0.4, -0.2) is 46.0 Å². The molecular weight excluding hydrogens is 440 g/mol. The highest BCUT2D eigenvalue weighted by Gasteiger charge is 2.23. The van der Waals surface area contributed by atoms with Crippen molar-refractivity contribution in [2.24, 2.45) is 5.92 Å². The number of ether oxygens (including phenoxy) is 1. The predicted octanol–water partition coefficient (Wildman–Crippen LogP) is 3.68. The van der Waals surface area contributed by atoms with Crippen molar-refractivity contribution in [2.45, 2.75) is 40.2 Å². The van der Waals surface area contributed by atoms with E-state index in [0.717, 1.165) is 25.9 Å². The number of piperidine rings is 1. The van der Waals surface area contributed by atoms with E-state index in [-0.39, 0.29) is 23.9 Å². The molecule has 174 valence electrons. The van der Waals surface area contributed by atoms with Crippen LogP contribution in [0.5, 0.6) is 5.75 Å². The molecule has 0 radical (unpaired) electrons. The molecule has 33 heavy (non-hydrogen) atoms. The van der Waals surface area contributed by atoms with Crippen LogP contribution in [0.15, 0.2) is 35.4 Å². The van der Waals surface area contributed by atoms with E-state index in [0.29, 0.717) is 44.6 Å². The molecule has 3 aromatic rings. The molecule has 9 heteroatoms. The smallest absolute Gasteiger partial charge is 0.266 e. The lowest BCUT2D eigenvalue weighted by molar-refractivity contribution is -0.133. The average molecular weight is 469 g/mol. The van der Waals surface area contributed by atoms with E-state index in [2.05, 4.69) is 17.2 Å². The lowest BCUT2D eigenvalue weighted by Crippen LogP contribution is -2.41. The van der Waals surface area contributed by atoms with Crippen molar-refractivity contribution >= 4 is 39.1 Å². The molecule has 0 spiro atoms. The third-order valence-electron chi connectivity index (χ3n) is 6.00. The first-order valence-electron chi connectivity index (χ1n) is 11.2. The molecule has 0 unspecified atom stereocenters. The number of para-hydroxylation sites is 2. The van der Waals surface area contributed by atoms with Gasteiger partial charge in [-0.15, -0.1) is 11.3 Å². The molecule has 0 aliphatic carbocycles. The minimum Gasteiger partial charge on any atom is -0.492 e. The maximum atomic E-state index is 13.2. The van der Waals surface area contributed by atoms with E-state index in [9.17, 15) is 14.4 Å². The largest absolute Gasteiger partial charge is 0.492 e. The summed E-state index contributed by atoms with van der Waals surface area (Å²) in [6, 6.07) is 7.21. The molecule has 2 aromatic heterocycles. The number of carbonyl (C=O) groups is 2. The van der Waals surface area contributed by atoms with Gasteiger partial charge in [0.25, 0.3) is 11.5 Å². The van der Waals surface area contributed by atoms with Crippen LogP contribution in [0.2, 0.25) is 0 Å². The van der Waals surface area contributed by atoms with E-state index in [1.54, 1.807) is 19.1 Å². The molecule has 1 saturated heterocycles. The fourth-order valence-electron chi connectivity index (χ4n) is 4.02. The van der Waals surface area contributed by atoms with Crippen LogP contribution in [0.25, 0.3) is 10.2 Å². The number of hydrogen-bond acceptors (Lipinski definition) is 6. The summed E-state index contributed by atoms with van der Waals surface area (Å²) in [4.78, 5) is 46.0. The molecule has 8 nitrogen and oxygen atoms in total. The van der Waals surface area contributed by atoms with E-state index < -0.39 is 0 Å². The van der Waals surface area contributed by atoms with Gasteiger partial charge in [-0.05, 0) is 50.3 Å². The third-order valence-corrected chi connectivity index (χ3v) is 7.20. The zero-order chi connectivity index (χ0) is 23.5. The molecule has 4 rings (SSSR count). The van der Waals surface area contributed by atoms with Crippen molar-refractivity contribution in [1.82, 2.24) is 14.5 Å². The number of aromatic nitrogens is 2. The van der Waals surface area contributed by atoms with Gasteiger partial charge in [-0.2, -0.15) is 0 Å². The van der Waals surface area contributed by atoms with Gasteiger partial charge in [0.1, 0.15) is 17.1 Å². The number of carbonyl (C=O) groups excluding carboxylic acids is 2. The normalized spacial score (nSPS) is 14.5. The van der Waals surface area contributed by atoms with Crippen LogP contribution in [0, 0.1) is 12.8 Å². The quantitative estimate of drug-likeness (QED) is 0.596. The lowest BCUT2D eigenvalue weighted by Gasteiger charge is -2.30. The Kier molecular flexibility index (Phi) is 6.78. The summed E-state index contributed by atoms with van der Waals surface area (Å²) in [5, 5.41) is 3.26. The van der Waals surface area contributed by atoms with Crippen LogP contribution < -0.4 is 15.6 Å². The number of nitrogens with zero attached hydrogens (tertiary/aromatic N) is 3. The summed E-state index contributed by atoms with van der Waals surface area (Å²) in [7, 11) is 0. The topological polar surface area (TPSA) is 93.5 Å². The van der Waals surface area contributed by atoms with Gasteiger partial charge in [0.05, 0.1) is 28.9 Å². The number of fused-ring (bicyclic) bond motifs is 1. The molecule has 0 atom stereocenters. The number of hydrogen-bond donors (Lipinski definition) is 1. The van der Waals surface area contributed by atoms with E-state index in [4.69, 9.17) is 4.74 Å². The molecule has 0 saturated carbocycles. The number of benzene rings is 1. The molecule has 1 N–H and O–H groups in total. The minimum absolute atomic E-state index is 0.0469. The van der Waals surface area contributed by atoms with Gasteiger partial charge in [-0.3, -0.25) is 19.0 Å². The van der Waals surface area contributed by atoms with Crippen molar-refractivity contribution in [3.63, 3.8) is 0 Å². The SMILES string of the molecule is CCOc1ccccc1NC(=O)c1sc2ncn(CC(=O)N3CCC(C)CC3)c(=O)c2c1C. The molecule has 1 fully saturated rings. The Balaban J connectivity index is 1.58. The summed E-state index contributed by atoms with van der Waals surface area (Å²) in [5.41, 5.74) is 0.821. The summed E-state index contributed by atoms with van der Waals surface area (Å²) >= 11 is 1.17. The first kappa shape index (κ1) is 23.0. The molecular formula is C24H28N4O4S. The summed E-state index contributed by atoms with van der Waals surface area (Å²) in [6.45, 7) is 7.67. The van der Waals surface area contributed by atoms with Gasteiger partial charge < -0.3 is 15.0 Å². The first-order valence-corrected chi connectivity index (χ1v) is 12.0. The van der Waals surface area contributed by atoms with Crippen LogP contribution in [-0.2, 0) is 11.3 Å². The monoisotopic (exact) mass is 468 g/mol. The number of likely N-dealkylation sites (tertiary alicyclic amines) is 1. The van der Waals surface area contributed by atoms with Crippen LogP contribution in [0.4, 0.5) is 5.69 Å². The van der Waals surface area contributed by atoms with E-state index in [1.807, 2.05) is 24.0 Å². The molecule has 1 aliphatic heterocycles. The second kappa shape index (κ2) is 9.74. The second-order valence-electron chi connectivity index (χ2n) is 8.36. The highest BCUT2D eigenvalue weighted by Crippen LogP contribution is 2.30. The Morgan fingerprint density at radius 2 is 1.97 bits per heavy atom. The molecule has 3 heterocycles. The van der Waals surface area contributed by atoms with Crippen molar-refractivity contribution in [3.8, 4) is 5.75 Å². The molecule has 1 aliphatic rings. The van der Waals surface area contributed by atoms with Gasteiger partial charge in [-0.1, -0.05) is 19.1 Å². The van der Waals surface area contributed by atoms with Gasteiger partial charge in [-0.25, -0.2) is 4.98 Å². The number of aryl methyl sites for hydroxylation is 1. The maximum absolute atomic E-state index is 13.2. The Morgan fingerprint density at radius 3 is 2.70 bits per heavy atom. The number of nitrogens with one attached hydrogen (secondary N) is 1. The van der Waals surface area contributed by atoms with Gasteiger partial charge in [0.2, 0.25) is 5.91 Å². The summed E-state index contributed by atoms with van der Waals surface area (Å²) in [6.07, 6.45) is 3.36. The fraction of sp³-hybridized carbons (Fsp3) is 0.417. The Labute approximate surface area is 196 Å². The second-order valence-corrected chi connectivity index (χ2v) is 9.36. The Bertz CT molecular complexity index is 1240.